The molecule has 0 aromatic carbocycles. The summed E-state index contributed by atoms with van der Waals surface area (Å²) in [5.74, 6) is 0.692. The number of carbonyl (C=O) groups is 1. The van der Waals surface area contributed by atoms with Crippen LogP contribution >= 0.6 is 0 Å². The highest BCUT2D eigenvalue weighted by molar-refractivity contribution is 5.94. The first-order valence-corrected chi connectivity index (χ1v) is 8.90. The van der Waals surface area contributed by atoms with E-state index in [1.165, 1.54) is 12.8 Å². The Labute approximate surface area is 145 Å². The summed E-state index contributed by atoms with van der Waals surface area (Å²) < 4.78 is 3.79. The summed E-state index contributed by atoms with van der Waals surface area (Å²) in [6.07, 6.45) is 11.9. The Morgan fingerprint density at radius 2 is 2.12 bits per heavy atom. The molecule has 0 spiro atoms. The third kappa shape index (κ3) is 2.69. The molecule has 0 bridgehead atoms. The van der Waals surface area contributed by atoms with Gasteiger partial charge in [-0.05, 0) is 37.8 Å². The van der Waals surface area contributed by atoms with E-state index in [9.17, 15) is 4.79 Å². The van der Waals surface area contributed by atoms with Gasteiger partial charge in [0.2, 0.25) is 0 Å². The molecule has 2 aliphatic rings. The minimum absolute atomic E-state index is 0.0839. The highest BCUT2D eigenvalue weighted by Gasteiger charge is 2.31. The van der Waals surface area contributed by atoms with E-state index >= 15 is 0 Å². The first-order chi connectivity index (χ1) is 12.3. The summed E-state index contributed by atoms with van der Waals surface area (Å²) in [6, 6.07) is 4.00. The van der Waals surface area contributed by atoms with E-state index in [1.54, 1.807) is 12.5 Å². The van der Waals surface area contributed by atoms with Crippen LogP contribution in [-0.2, 0) is 6.54 Å². The highest BCUT2D eigenvalue weighted by Crippen LogP contribution is 2.38. The topological polar surface area (TPSA) is 68.3 Å². The maximum atomic E-state index is 13.0. The smallest absolute Gasteiger partial charge is 0.255 e. The Bertz CT molecular complexity index is 924. The van der Waals surface area contributed by atoms with E-state index in [4.69, 9.17) is 0 Å². The molecule has 3 aromatic rings. The second-order valence-corrected chi connectivity index (χ2v) is 7.08. The van der Waals surface area contributed by atoms with Gasteiger partial charge in [0.15, 0.2) is 0 Å². The van der Waals surface area contributed by atoms with E-state index in [1.807, 2.05) is 32.3 Å². The van der Waals surface area contributed by atoms with Crippen molar-refractivity contribution in [1.29, 1.82) is 0 Å². The molecule has 1 aliphatic heterocycles. The second kappa shape index (κ2) is 5.68. The number of amides is 1. The maximum Gasteiger partial charge on any atom is 0.255 e. The second-order valence-electron chi connectivity index (χ2n) is 7.08. The number of nitrogens with zero attached hydrogens (tertiary/aromatic N) is 6. The SMILES string of the molecule is O=C(c1ccc2cncn2c1)N1CCC[C@H]1Cn1cc(C2CC2)nn1. The molecule has 25 heavy (non-hydrogen) atoms. The molecule has 0 N–H and O–H groups in total. The predicted octanol–water partition coefficient (Wildman–Crippen LogP) is 2.11. The van der Waals surface area contributed by atoms with Crippen LogP contribution in [0.4, 0.5) is 0 Å². The lowest BCUT2D eigenvalue weighted by atomic mass is 10.2. The van der Waals surface area contributed by atoms with Crippen LogP contribution in [0.3, 0.4) is 0 Å². The Morgan fingerprint density at radius 3 is 3.00 bits per heavy atom. The van der Waals surface area contributed by atoms with Gasteiger partial charge in [0, 0.05) is 24.9 Å². The zero-order chi connectivity index (χ0) is 16.8. The van der Waals surface area contributed by atoms with Crippen LogP contribution in [0.2, 0.25) is 0 Å². The van der Waals surface area contributed by atoms with Crippen molar-refractivity contribution < 1.29 is 4.79 Å². The quantitative estimate of drug-likeness (QED) is 0.732. The molecule has 1 amide bonds. The molecule has 128 valence electrons. The summed E-state index contributed by atoms with van der Waals surface area (Å²) in [4.78, 5) is 19.1. The van der Waals surface area contributed by atoms with Crippen molar-refractivity contribution in [2.24, 2.45) is 0 Å². The third-order valence-corrected chi connectivity index (χ3v) is 5.24. The lowest BCUT2D eigenvalue weighted by Gasteiger charge is -2.24. The molecule has 7 heteroatoms. The number of fused-ring (bicyclic) bond motifs is 1. The summed E-state index contributed by atoms with van der Waals surface area (Å²) in [5, 5.41) is 8.53. The van der Waals surface area contributed by atoms with Crippen LogP contribution in [0.15, 0.2) is 37.1 Å². The molecule has 5 rings (SSSR count). The van der Waals surface area contributed by atoms with E-state index in [-0.39, 0.29) is 11.9 Å². The van der Waals surface area contributed by atoms with Crippen LogP contribution in [0.1, 0.15) is 47.7 Å². The molecule has 1 aliphatic carbocycles. The van der Waals surface area contributed by atoms with Gasteiger partial charge in [-0.1, -0.05) is 5.21 Å². The van der Waals surface area contributed by atoms with Gasteiger partial charge in [0.1, 0.15) is 0 Å². The number of carbonyl (C=O) groups excluding carboxylic acids is 1. The molecule has 1 saturated heterocycles. The maximum absolute atomic E-state index is 13.0. The van der Waals surface area contributed by atoms with Crippen molar-refractivity contribution in [2.45, 2.75) is 44.2 Å². The fourth-order valence-electron chi connectivity index (χ4n) is 3.69. The average Bonchev–Trinajstić information content (AvgIpc) is 3.03. The van der Waals surface area contributed by atoms with Crippen LogP contribution < -0.4 is 0 Å². The Morgan fingerprint density at radius 1 is 1.20 bits per heavy atom. The van der Waals surface area contributed by atoms with Crippen molar-refractivity contribution in [3.05, 3.63) is 48.3 Å². The number of hydrogen-bond donors (Lipinski definition) is 0. The minimum Gasteiger partial charge on any atom is -0.334 e. The van der Waals surface area contributed by atoms with Crippen LogP contribution in [0.25, 0.3) is 5.52 Å². The molecule has 1 atom stereocenters. The van der Waals surface area contributed by atoms with Crippen molar-refractivity contribution in [3.63, 3.8) is 0 Å². The van der Waals surface area contributed by atoms with Gasteiger partial charge in [-0.2, -0.15) is 0 Å². The summed E-state index contributed by atoms with van der Waals surface area (Å²) in [7, 11) is 0. The predicted molar refractivity (Wildman–Crippen MR) is 91.2 cm³/mol. The number of rotatable bonds is 4. The standard InChI is InChI=1S/C18H20N6O/c25-18(14-5-6-15-8-19-12-22(15)9-14)24-7-1-2-16(24)10-23-11-17(20-21-23)13-3-4-13/h5-6,8-9,11-13,16H,1-4,7,10H2/t16-/m0/s1. The Hall–Kier alpha value is -2.70. The van der Waals surface area contributed by atoms with Crippen molar-refractivity contribution >= 4 is 11.4 Å². The summed E-state index contributed by atoms with van der Waals surface area (Å²) in [6.45, 7) is 1.52. The number of likely N-dealkylation sites (tertiary alicyclic amines) is 1. The van der Waals surface area contributed by atoms with E-state index in [0.29, 0.717) is 11.5 Å². The van der Waals surface area contributed by atoms with Crippen molar-refractivity contribution in [1.82, 2.24) is 29.3 Å². The molecular weight excluding hydrogens is 316 g/mol. The Balaban J connectivity index is 1.34. The number of pyridine rings is 1. The summed E-state index contributed by atoms with van der Waals surface area (Å²) >= 11 is 0. The summed E-state index contributed by atoms with van der Waals surface area (Å²) in [5.41, 5.74) is 2.79. The first kappa shape index (κ1) is 14.6. The van der Waals surface area contributed by atoms with Crippen LogP contribution in [0, 0.1) is 0 Å². The first-order valence-electron chi connectivity index (χ1n) is 8.90. The van der Waals surface area contributed by atoms with Gasteiger partial charge in [0.25, 0.3) is 5.91 Å². The Kier molecular flexibility index (Phi) is 3.33. The molecule has 1 saturated carbocycles. The number of hydrogen-bond acceptors (Lipinski definition) is 4. The van der Waals surface area contributed by atoms with E-state index in [2.05, 4.69) is 21.5 Å². The largest absolute Gasteiger partial charge is 0.334 e. The molecule has 0 radical (unpaired) electrons. The van der Waals surface area contributed by atoms with Gasteiger partial charge in [-0.25, -0.2) is 4.98 Å². The highest BCUT2D eigenvalue weighted by atomic mass is 16.2. The lowest BCUT2D eigenvalue weighted by molar-refractivity contribution is 0.0720. The van der Waals surface area contributed by atoms with Crippen molar-refractivity contribution in [2.75, 3.05) is 6.54 Å². The zero-order valence-corrected chi connectivity index (χ0v) is 14.0. The minimum atomic E-state index is 0.0839. The fraction of sp³-hybridized carbons (Fsp3) is 0.444. The van der Waals surface area contributed by atoms with Gasteiger partial charge in [-0.15, -0.1) is 5.10 Å². The molecule has 2 fully saturated rings. The molecular formula is C18H20N6O. The third-order valence-electron chi connectivity index (χ3n) is 5.24. The monoisotopic (exact) mass is 336 g/mol. The normalized spacial score (nSPS) is 20.5. The van der Waals surface area contributed by atoms with Gasteiger partial charge >= 0.3 is 0 Å². The zero-order valence-electron chi connectivity index (χ0n) is 14.0. The number of imidazole rings is 1. The lowest BCUT2D eigenvalue weighted by Crippen LogP contribution is -2.38. The van der Waals surface area contributed by atoms with Gasteiger partial charge < -0.3 is 9.30 Å². The van der Waals surface area contributed by atoms with Gasteiger partial charge in [0.05, 0.1) is 41.9 Å². The average molecular weight is 336 g/mol. The molecule has 0 unspecified atom stereocenters. The van der Waals surface area contributed by atoms with Gasteiger partial charge in [-0.3, -0.25) is 9.48 Å². The number of aromatic nitrogens is 5. The van der Waals surface area contributed by atoms with E-state index in [0.717, 1.165) is 37.1 Å². The molecule has 4 heterocycles. The molecule has 3 aromatic heterocycles. The van der Waals surface area contributed by atoms with Crippen molar-refractivity contribution in [3.8, 4) is 0 Å². The van der Waals surface area contributed by atoms with E-state index < -0.39 is 0 Å². The van der Waals surface area contributed by atoms with Crippen LogP contribution in [-0.4, -0.2) is 47.8 Å². The van der Waals surface area contributed by atoms with Crippen LogP contribution in [0.5, 0.6) is 0 Å². The molecule has 7 nitrogen and oxygen atoms in total. The fourth-order valence-corrected chi connectivity index (χ4v) is 3.69.